The first-order valence-electron chi connectivity index (χ1n) is 23.9. The quantitative estimate of drug-likeness (QED) is 0.0580. The molecule has 1 N–H and O–H groups in total. The molecule has 354 valence electrons. The Morgan fingerprint density at radius 1 is 0.812 bits per heavy atom. The fourth-order valence-electron chi connectivity index (χ4n) is 10.6. The lowest BCUT2D eigenvalue weighted by molar-refractivity contribution is -0.0486. The smallest absolute Gasteiger partial charge is 0.261 e. The van der Waals surface area contributed by atoms with Gasteiger partial charge in [-0.05, 0) is 98.4 Å². The van der Waals surface area contributed by atoms with Crippen molar-refractivity contribution in [3.05, 3.63) is 124 Å². The molecular formula is C55H83IO5SSi2. The van der Waals surface area contributed by atoms with Gasteiger partial charge in [-0.25, -0.2) is 0 Å². The number of ether oxygens (including phenoxy) is 2. The Labute approximate surface area is 410 Å². The Balaban J connectivity index is 1.61. The number of rotatable bonds is 23. The Morgan fingerprint density at radius 3 is 1.83 bits per heavy atom. The summed E-state index contributed by atoms with van der Waals surface area (Å²) in [5.74, 6) is 0.552. The van der Waals surface area contributed by atoms with Crippen LogP contribution in [0.3, 0.4) is 0 Å². The van der Waals surface area contributed by atoms with Gasteiger partial charge in [0.2, 0.25) is 8.32 Å². The maximum absolute atomic E-state index is 11.9. The highest BCUT2D eigenvalue weighted by Crippen LogP contribution is 2.45. The van der Waals surface area contributed by atoms with Crippen LogP contribution in [0.1, 0.15) is 116 Å². The fourth-order valence-corrected chi connectivity index (χ4v) is 22.3. The summed E-state index contributed by atoms with van der Waals surface area (Å²) in [7, 11) is -3.18. The molecule has 0 spiro atoms. The first kappa shape index (κ1) is 54.8. The van der Waals surface area contributed by atoms with E-state index in [2.05, 4.69) is 226 Å². The maximum atomic E-state index is 11.9. The van der Waals surface area contributed by atoms with Crippen molar-refractivity contribution in [2.75, 3.05) is 13.7 Å². The second kappa shape index (κ2) is 25.5. The van der Waals surface area contributed by atoms with E-state index in [1.807, 2.05) is 11.8 Å². The van der Waals surface area contributed by atoms with E-state index in [0.717, 1.165) is 30.4 Å². The number of benzene rings is 3. The minimum Gasteiger partial charge on any atom is -0.409 e. The third-order valence-corrected chi connectivity index (χ3v) is 27.3. The molecule has 3 aromatic rings. The number of aliphatic hydroxyl groups excluding tert-OH is 1. The van der Waals surface area contributed by atoms with Gasteiger partial charge >= 0.3 is 0 Å². The molecule has 0 unspecified atom stereocenters. The standard InChI is InChI=1S/C55H83IO5SSi2/c1-39(2)63(40(3)4,41(5)6)61-52(37-50(57)45(10)54(58-14)44(9)38-56)43(8)26-24-25-42(7)51-35-46(36-53(60-51)62-47-27-18-15-19-28-47)33-34-59-64(55(11,12)13,48-29-20-16-21-30-48)49-31-22-17-23-32-49/h15-32,38-42,45-46,50-54,57H,33-37H2,1-14H3/b25-24+,43-26+,44-38+/t42-,45+,46-,50+,51-,52+,53+,54+/m1/s1. The highest BCUT2D eigenvalue weighted by molar-refractivity contribution is 14.1. The van der Waals surface area contributed by atoms with Crippen LogP contribution in [-0.4, -0.2) is 65.3 Å². The Kier molecular flexibility index (Phi) is 21.9. The molecule has 3 aromatic carbocycles. The van der Waals surface area contributed by atoms with Crippen LogP contribution in [0, 0.1) is 17.8 Å². The molecule has 0 radical (unpaired) electrons. The third kappa shape index (κ3) is 13.9. The molecule has 8 atom stereocenters. The van der Waals surface area contributed by atoms with Crippen molar-refractivity contribution in [2.24, 2.45) is 17.8 Å². The van der Waals surface area contributed by atoms with E-state index in [-0.39, 0.29) is 40.6 Å². The molecule has 0 aliphatic carbocycles. The van der Waals surface area contributed by atoms with Crippen LogP contribution in [0.2, 0.25) is 21.7 Å². The van der Waals surface area contributed by atoms with Gasteiger partial charge in [0, 0.05) is 36.9 Å². The van der Waals surface area contributed by atoms with Crippen molar-refractivity contribution >= 4 is 61.4 Å². The molecule has 64 heavy (non-hydrogen) atoms. The van der Waals surface area contributed by atoms with Crippen molar-refractivity contribution in [1.29, 1.82) is 0 Å². The van der Waals surface area contributed by atoms with Crippen molar-refractivity contribution in [2.45, 2.75) is 172 Å². The molecule has 1 heterocycles. The molecule has 4 rings (SSSR count). The van der Waals surface area contributed by atoms with Gasteiger partial charge in [-0.2, -0.15) is 0 Å². The van der Waals surface area contributed by atoms with Gasteiger partial charge in [-0.15, -0.1) is 0 Å². The molecule has 0 amide bonds. The summed E-state index contributed by atoms with van der Waals surface area (Å²) >= 11 is 4.11. The second-order valence-electron chi connectivity index (χ2n) is 20.4. The summed E-state index contributed by atoms with van der Waals surface area (Å²) in [5, 5.41) is 14.4. The van der Waals surface area contributed by atoms with Crippen LogP contribution in [-0.2, 0) is 18.3 Å². The van der Waals surface area contributed by atoms with Gasteiger partial charge in [0.15, 0.2) is 0 Å². The van der Waals surface area contributed by atoms with E-state index in [1.54, 1.807) is 7.11 Å². The minimum atomic E-state index is -2.64. The van der Waals surface area contributed by atoms with Crippen molar-refractivity contribution in [3.63, 3.8) is 0 Å². The minimum absolute atomic E-state index is 0.0520. The topological polar surface area (TPSA) is 57.2 Å². The van der Waals surface area contributed by atoms with E-state index in [1.165, 1.54) is 15.3 Å². The average molecular weight is 1040 g/mol. The molecule has 1 aliphatic rings. The highest BCUT2D eigenvalue weighted by Gasteiger charge is 2.50. The number of halogens is 1. The largest absolute Gasteiger partial charge is 0.409 e. The van der Waals surface area contributed by atoms with Crippen molar-refractivity contribution < 1.29 is 23.4 Å². The molecule has 5 nitrogen and oxygen atoms in total. The van der Waals surface area contributed by atoms with Crippen LogP contribution in [0.5, 0.6) is 0 Å². The molecule has 0 bridgehead atoms. The normalized spacial score (nSPS) is 20.8. The summed E-state index contributed by atoms with van der Waals surface area (Å²) in [4.78, 5) is 1.24. The van der Waals surface area contributed by atoms with Crippen LogP contribution in [0.15, 0.2) is 129 Å². The van der Waals surface area contributed by atoms with Gasteiger partial charge in [-0.3, -0.25) is 0 Å². The molecule has 0 saturated carbocycles. The monoisotopic (exact) mass is 1040 g/mol. The molecular weight excluding hydrogens is 956 g/mol. The van der Waals surface area contributed by atoms with Gasteiger partial charge in [0.05, 0.1) is 24.4 Å². The Bertz CT molecular complexity index is 1840. The number of hydrogen-bond acceptors (Lipinski definition) is 6. The van der Waals surface area contributed by atoms with E-state index >= 15 is 0 Å². The lowest BCUT2D eigenvalue weighted by atomic mass is 9.87. The van der Waals surface area contributed by atoms with E-state index in [4.69, 9.17) is 18.3 Å². The van der Waals surface area contributed by atoms with Gasteiger partial charge in [0.25, 0.3) is 8.32 Å². The second-order valence-corrected chi connectivity index (χ2v) is 32.0. The zero-order valence-corrected chi connectivity index (χ0v) is 46.7. The lowest BCUT2D eigenvalue weighted by Crippen LogP contribution is -2.66. The summed E-state index contributed by atoms with van der Waals surface area (Å²) in [6.45, 7) is 30.5. The average Bonchev–Trinajstić information content (AvgIpc) is 3.26. The van der Waals surface area contributed by atoms with Gasteiger partial charge < -0.3 is 23.4 Å². The van der Waals surface area contributed by atoms with E-state index in [9.17, 15) is 5.11 Å². The molecule has 1 fully saturated rings. The number of methoxy groups -OCH3 is 1. The third-order valence-electron chi connectivity index (χ3n) is 14.0. The number of allylic oxidation sites excluding steroid dienone is 2. The molecule has 0 aromatic heterocycles. The van der Waals surface area contributed by atoms with Gasteiger partial charge in [-0.1, -0.05) is 208 Å². The zero-order valence-electron chi connectivity index (χ0n) is 41.7. The van der Waals surface area contributed by atoms with Crippen LogP contribution in [0.25, 0.3) is 0 Å². The maximum Gasteiger partial charge on any atom is 0.261 e. The molecule has 1 aliphatic heterocycles. The predicted octanol–water partition coefficient (Wildman–Crippen LogP) is 14.3. The summed E-state index contributed by atoms with van der Waals surface area (Å²) < 4.78 is 29.9. The van der Waals surface area contributed by atoms with Crippen LogP contribution in [0.4, 0.5) is 0 Å². The van der Waals surface area contributed by atoms with Gasteiger partial charge in [0.1, 0.15) is 5.44 Å². The Hall–Kier alpha value is -1.81. The zero-order chi connectivity index (χ0) is 47.2. The summed E-state index contributed by atoms with van der Waals surface area (Å²) in [6, 6.07) is 32.7. The summed E-state index contributed by atoms with van der Waals surface area (Å²) in [5.41, 5.74) is 3.60. The number of aliphatic hydroxyl groups is 1. The van der Waals surface area contributed by atoms with Crippen molar-refractivity contribution in [1.82, 2.24) is 0 Å². The predicted molar refractivity (Wildman–Crippen MR) is 288 cm³/mol. The molecule has 1 saturated heterocycles. The first-order chi connectivity index (χ1) is 30.3. The highest BCUT2D eigenvalue weighted by atomic mass is 127. The number of hydrogen-bond donors (Lipinski definition) is 1. The fraction of sp³-hybridized carbons (Fsp3) is 0.564. The lowest BCUT2D eigenvalue weighted by Gasteiger charge is -2.45. The molecule has 9 heteroatoms. The number of thioether (sulfide) groups is 1. The SMILES string of the molecule is CO[C@@H](/C(C)=C/I)[C@@H](C)[C@@H](O)C[C@H](O[Si](C(C)C)(C(C)C)C(C)C)/C(C)=C/C=C/[C@@H](C)[C@H]1C[C@@H](CCO[Si](c2ccccc2)(c2ccccc2)C(C)(C)C)C[C@H](Sc2ccccc2)O1. The van der Waals surface area contributed by atoms with Crippen molar-refractivity contribution in [3.8, 4) is 0 Å². The summed E-state index contributed by atoms with van der Waals surface area (Å²) in [6.07, 6.45) is 9.33. The van der Waals surface area contributed by atoms with E-state index in [0.29, 0.717) is 35.6 Å². The van der Waals surface area contributed by atoms with Crippen LogP contribution < -0.4 is 10.4 Å². The van der Waals surface area contributed by atoms with E-state index < -0.39 is 22.7 Å². The Morgan fingerprint density at radius 2 is 1.34 bits per heavy atom. The van der Waals surface area contributed by atoms with Crippen LogP contribution >= 0.6 is 34.4 Å². The first-order valence-corrected chi connectivity index (χ1v) is 30.1.